The average Bonchev–Trinajstić information content (AvgIpc) is 3.07. The SMILES string of the molecule is CCOC(=O)c1cc(CC)sc1NC(=O)Cn1nnc2ccccc2c1=O. The molecule has 0 saturated heterocycles. The molecule has 0 unspecified atom stereocenters. The van der Waals surface area contributed by atoms with Crippen molar-refractivity contribution in [2.75, 3.05) is 11.9 Å². The van der Waals surface area contributed by atoms with E-state index in [2.05, 4.69) is 15.6 Å². The molecule has 140 valence electrons. The first-order valence-corrected chi connectivity index (χ1v) is 9.27. The molecular formula is C18H18N4O4S. The smallest absolute Gasteiger partial charge is 0.341 e. The standard InChI is InChI=1S/C18H18N4O4S/c1-3-11-9-13(18(25)26-4-2)16(27-11)19-15(23)10-22-17(24)12-7-5-6-8-14(12)20-21-22/h5-9H,3-4,10H2,1-2H3,(H,19,23). The number of carbonyl (C=O) groups is 2. The lowest BCUT2D eigenvalue weighted by atomic mass is 10.2. The van der Waals surface area contributed by atoms with E-state index in [-0.39, 0.29) is 13.2 Å². The molecule has 0 aliphatic heterocycles. The summed E-state index contributed by atoms with van der Waals surface area (Å²) in [6, 6.07) is 8.50. The van der Waals surface area contributed by atoms with Crippen LogP contribution in [0.25, 0.3) is 10.9 Å². The summed E-state index contributed by atoms with van der Waals surface area (Å²) >= 11 is 1.30. The van der Waals surface area contributed by atoms with Gasteiger partial charge in [0.15, 0.2) is 0 Å². The van der Waals surface area contributed by atoms with Crippen LogP contribution in [0.5, 0.6) is 0 Å². The van der Waals surface area contributed by atoms with Crippen molar-refractivity contribution in [2.24, 2.45) is 0 Å². The lowest BCUT2D eigenvalue weighted by Crippen LogP contribution is -2.30. The minimum atomic E-state index is -0.494. The van der Waals surface area contributed by atoms with Gasteiger partial charge in [0.1, 0.15) is 17.1 Å². The number of nitrogens with one attached hydrogen (secondary N) is 1. The van der Waals surface area contributed by atoms with Crippen molar-refractivity contribution in [1.29, 1.82) is 0 Å². The molecule has 2 aromatic heterocycles. The van der Waals surface area contributed by atoms with Crippen molar-refractivity contribution < 1.29 is 14.3 Å². The fourth-order valence-electron chi connectivity index (χ4n) is 2.50. The Morgan fingerprint density at radius 1 is 1.26 bits per heavy atom. The van der Waals surface area contributed by atoms with Gasteiger partial charge in [-0.05, 0) is 31.5 Å². The third-order valence-electron chi connectivity index (χ3n) is 3.80. The zero-order valence-corrected chi connectivity index (χ0v) is 15.7. The Morgan fingerprint density at radius 3 is 2.78 bits per heavy atom. The minimum Gasteiger partial charge on any atom is -0.462 e. The molecule has 1 N–H and O–H groups in total. The number of carbonyl (C=O) groups excluding carboxylic acids is 2. The fourth-order valence-corrected chi connectivity index (χ4v) is 3.50. The molecule has 0 aliphatic carbocycles. The molecule has 0 aliphatic rings. The number of anilines is 1. The average molecular weight is 386 g/mol. The van der Waals surface area contributed by atoms with Gasteiger partial charge < -0.3 is 10.1 Å². The Bertz CT molecular complexity index is 1060. The molecule has 0 atom stereocenters. The van der Waals surface area contributed by atoms with Gasteiger partial charge in [0.25, 0.3) is 5.56 Å². The van der Waals surface area contributed by atoms with E-state index >= 15 is 0 Å². The van der Waals surface area contributed by atoms with Crippen LogP contribution in [0.3, 0.4) is 0 Å². The molecule has 3 aromatic rings. The minimum absolute atomic E-state index is 0.242. The number of thiophene rings is 1. The van der Waals surface area contributed by atoms with Crippen molar-refractivity contribution in [3.8, 4) is 0 Å². The highest BCUT2D eigenvalue weighted by Gasteiger charge is 2.19. The lowest BCUT2D eigenvalue weighted by Gasteiger charge is -2.07. The molecule has 1 aromatic carbocycles. The summed E-state index contributed by atoms with van der Waals surface area (Å²) in [5, 5.41) is 11.2. The second kappa shape index (κ2) is 8.09. The van der Waals surface area contributed by atoms with Crippen LogP contribution < -0.4 is 10.9 Å². The van der Waals surface area contributed by atoms with Crippen molar-refractivity contribution in [3.05, 3.63) is 51.1 Å². The van der Waals surface area contributed by atoms with E-state index < -0.39 is 17.4 Å². The summed E-state index contributed by atoms with van der Waals surface area (Å²) in [4.78, 5) is 37.9. The predicted molar refractivity (Wildman–Crippen MR) is 102 cm³/mol. The number of amides is 1. The van der Waals surface area contributed by atoms with E-state index in [1.165, 1.54) is 11.3 Å². The third kappa shape index (κ3) is 4.03. The molecule has 0 spiro atoms. The molecule has 9 heteroatoms. The van der Waals surface area contributed by atoms with Gasteiger partial charge in [-0.15, -0.1) is 16.4 Å². The van der Waals surface area contributed by atoms with Crippen LogP contribution in [0.4, 0.5) is 5.00 Å². The van der Waals surface area contributed by atoms with Crippen molar-refractivity contribution in [1.82, 2.24) is 15.0 Å². The molecule has 27 heavy (non-hydrogen) atoms. The summed E-state index contributed by atoms with van der Waals surface area (Å²) in [7, 11) is 0. The Labute approximate surface area is 158 Å². The van der Waals surface area contributed by atoms with Crippen LogP contribution in [-0.2, 0) is 22.5 Å². The molecule has 8 nitrogen and oxygen atoms in total. The molecule has 0 saturated carbocycles. The topological polar surface area (TPSA) is 103 Å². The first kappa shape index (κ1) is 18.7. The van der Waals surface area contributed by atoms with Crippen LogP contribution >= 0.6 is 11.3 Å². The zero-order valence-electron chi connectivity index (χ0n) is 14.9. The van der Waals surface area contributed by atoms with E-state index in [1.807, 2.05) is 6.92 Å². The maximum Gasteiger partial charge on any atom is 0.341 e. The van der Waals surface area contributed by atoms with Crippen molar-refractivity contribution in [3.63, 3.8) is 0 Å². The Kier molecular flexibility index (Phi) is 5.60. The molecule has 1 amide bonds. The van der Waals surface area contributed by atoms with Gasteiger partial charge in [-0.3, -0.25) is 9.59 Å². The van der Waals surface area contributed by atoms with Crippen LogP contribution in [0, 0.1) is 0 Å². The highest BCUT2D eigenvalue weighted by Crippen LogP contribution is 2.29. The van der Waals surface area contributed by atoms with E-state index in [9.17, 15) is 14.4 Å². The number of aryl methyl sites for hydroxylation is 1. The fraction of sp³-hybridized carbons (Fsp3) is 0.278. The highest BCUT2D eigenvalue weighted by molar-refractivity contribution is 7.16. The van der Waals surface area contributed by atoms with Crippen LogP contribution in [0.1, 0.15) is 29.1 Å². The van der Waals surface area contributed by atoms with Crippen molar-refractivity contribution >= 4 is 39.1 Å². The van der Waals surface area contributed by atoms with Crippen molar-refractivity contribution in [2.45, 2.75) is 26.8 Å². The van der Waals surface area contributed by atoms with E-state index in [0.29, 0.717) is 21.5 Å². The summed E-state index contributed by atoms with van der Waals surface area (Å²) in [5.41, 5.74) is 0.375. The molecular weight excluding hydrogens is 368 g/mol. The van der Waals surface area contributed by atoms with E-state index in [0.717, 1.165) is 16.0 Å². The quantitative estimate of drug-likeness (QED) is 0.652. The summed E-state index contributed by atoms with van der Waals surface area (Å²) in [6.07, 6.45) is 0.725. The number of ether oxygens (including phenoxy) is 1. The number of fused-ring (bicyclic) bond motifs is 1. The van der Waals surface area contributed by atoms with E-state index in [1.54, 1.807) is 37.3 Å². The van der Waals surface area contributed by atoms with Gasteiger partial charge in [-0.2, -0.15) is 0 Å². The molecule has 3 rings (SSSR count). The maximum absolute atomic E-state index is 12.4. The number of rotatable bonds is 6. The first-order chi connectivity index (χ1) is 13.0. The molecule has 0 bridgehead atoms. The maximum atomic E-state index is 12.4. The Hall–Kier alpha value is -3.07. The zero-order chi connectivity index (χ0) is 19.4. The summed E-state index contributed by atoms with van der Waals surface area (Å²) in [5.74, 6) is -0.969. The molecule has 2 heterocycles. The van der Waals surface area contributed by atoms with Crippen LogP contribution in [0.2, 0.25) is 0 Å². The van der Waals surface area contributed by atoms with Crippen LogP contribution in [-0.4, -0.2) is 33.5 Å². The molecule has 0 fully saturated rings. The normalized spacial score (nSPS) is 10.7. The number of esters is 1. The van der Waals surface area contributed by atoms with E-state index in [4.69, 9.17) is 4.74 Å². The van der Waals surface area contributed by atoms with Gasteiger partial charge >= 0.3 is 5.97 Å². The predicted octanol–water partition coefficient (Wildman–Crippen LogP) is 2.23. The van der Waals surface area contributed by atoms with Gasteiger partial charge in [0, 0.05) is 4.88 Å². The first-order valence-electron chi connectivity index (χ1n) is 8.45. The van der Waals surface area contributed by atoms with Crippen LogP contribution in [0.15, 0.2) is 35.1 Å². The number of aromatic nitrogens is 3. The van der Waals surface area contributed by atoms with Gasteiger partial charge in [-0.25, -0.2) is 9.48 Å². The van der Waals surface area contributed by atoms with Gasteiger partial charge in [0.05, 0.1) is 17.6 Å². The highest BCUT2D eigenvalue weighted by atomic mass is 32.1. The number of benzene rings is 1. The second-order valence-corrected chi connectivity index (χ2v) is 6.78. The number of hydrogen-bond donors (Lipinski definition) is 1. The largest absolute Gasteiger partial charge is 0.462 e. The molecule has 0 radical (unpaired) electrons. The number of nitrogens with zero attached hydrogens (tertiary/aromatic N) is 3. The van der Waals surface area contributed by atoms with Gasteiger partial charge in [0.2, 0.25) is 5.91 Å². The van der Waals surface area contributed by atoms with Gasteiger partial charge in [-0.1, -0.05) is 24.3 Å². The second-order valence-electron chi connectivity index (χ2n) is 5.65. The Morgan fingerprint density at radius 2 is 2.04 bits per heavy atom. The third-order valence-corrected chi connectivity index (χ3v) is 5.00. The Balaban J connectivity index is 1.82. The number of hydrogen-bond acceptors (Lipinski definition) is 7. The monoisotopic (exact) mass is 386 g/mol. The lowest BCUT2D eigenvalue weighted by molar-refractivity contribution is -0.117. The summed E-state index contributed by atoms with van der Waals surface area (Å²) in [6.45, 7) is 3.61. The summed E-state index contributed by atoms with van der Waals surface area (Å²) < 4.78 is 6.03.